The normalized spacial score (nSPS) is 12.9. The molecule has 0 spiro atoms. The Bertz CT molecular complexity index is 814. The Morgan fingerprint density at radius 3 is 2.28 bits per heavy atom. The summed E-state index contributed by atoms with van der Waals surface area (Å²) < 4.78 is 0. The number of rotatable bonds is 9. The molecule has 2 unspecified atom stereocenters. The molecule has 2 rings (SSSR count). The third-order valence-electron chi connectivity index (χ3n) is 5.52. The first-order valence-corrected chi connectivity index (χ1v) is 10.5. The molecule has 0 fully saturated rings. The number of carbonyl (C=O) groups excluding carboxylic acids is 2. The molecule has 2 aromatic carbocycles. The van der Waals surface area contributed by atoms with E-state index in [0.29, 0.717) is 19.4 Å². The van der Waals surface area contributed by atoms with Crippen LogP contribution in [0, 0.1) is 13.8 Å². The first-order chi connectivity index (χ1) is 13.8. The van der Waals surface area contributed by atoms with Crippen LogP contribution in [0.2, 0.25) is 0 Å². The molecule has 0 heterocycles. The van der Waals surface area contributed by atoms with E-state index in [2.05, 4.69) is 36.5 Å². The average Bonchev–Trinajstić information content (AvgIpc) is 2.71. The number of carbonyl (C=O) groups is 2. The molecule has 0 bridgehead atoms. The molecular formula is C25H34N2O2. The zero-order valence-electron chi connectivity index (χ0n) is 18.4. The number of aryl methyl sites for hydroxylation is 3. The van der Waals surface area contributed by atoms with Crippen molar-refractivity contribution in [2.24, 2.45) is 0 Å². The molecule has 2 atom stereocenters. The molecule has 2 aromatic rings. The fourth-order valence-corrected chi connectivity index (χ4v) is 3.17. The number of nitrogens with zero attached hydrogens (tertiary/aromatic N) is 1. The van der Waals surface area contributed by atoms with Gasteiger partial charge in [0.05, 0.1) is 0 Å². The van der Waals surface area contributed by atoms with Crippen molar-refractivity contribution in [1.82, 2.24) is 10.2 Å². The third-order valence-corrected chi connectivity index (χ3v) is 5.52. The van der Waals surface area contributed by atoms with Crippen LogP contribution >= 0.6 is 0 Å². The molecule has 4 heteroatoms. The Labute approximate surface area is 175 Å². The van der Waals surface area contributed by atoms with E-state index in [1.54, 1.807) is 4.90 Å². The molecule has 0 aromatic heterocycles. The predicted molar refractivity (Wildman–Crippen MR) is 119 cm³/mol. The van der Waals surface area contributed by atoms with Crippen LogP contribution in [-0.2, 0) is 22.6 Å². The van der Waals surface area contributed by atoms with Crippen molar-refractivity contribution >= 4 is 11.8 Å². The molecular weight excluding hydrogens is 360 g/mol. The van der Waals surface area contributed by atoms with Gasteiger partial charge in [-0.05, 0) is 57.2 Å². The summed E-state index contributed by atoms with van der Waals surface area (Å²) in [7, 11) is 0. The van der Waals surface area contributed by atoms with Gasteiger partial charge in [0.25, 0.3) is 0 Å². The van der Waals surface area contributed by atoms with Crippen LogP contribution in [0.15, 0.2) is 48.5 Å². The molecule has 0 saturated heterocycles. The maximum absolute atomic E-state index is 13.1. The van der Waals surface area contributed by atoms with Crippen molar-refractivity contribution in [3.63, 3.8) is 0 Å². The Kier molecular flexibility index (Phi) is 8.44. The van der Waals surface area contributed by atoms with Gasteiger partial charge in [-0.3, -0.25) is 9.59 Å². The van der Waals surface area contributed by atoms with E-state index in [9.17, 15) is 9.59 Å². The van der Waals surface area contributed by atoms with E-state index >= 15 is 0 Å². The van der Waals surface area contributed by atoms with Crippen molar-refractivity contribution in [1.29, 1.82) is 0 Å². The molecule has 0 radical (unpaired) electrons. The Morgan fingerprint density at radius 2 is 1.66 bits per heavy atom. The smallest absolute Gasteiger partial charge is 0.242 e. The molecule has 2 amide bonds. The highest BCUT2D eigenvalue weighted by molar-refractivity contribution is 5.87. The van der Waals surface area contributed by atoms with Crippen LogP contribution in [0.3, 0.4) is 0 Å². The Morgan fingerprint density at radius 1 is 1.00 bits per heavy atom. The lowest BCUT2D eigenvalue weighted by Gasteiger charge is -2.30. The van der Waals surface area contributed by atoms with Gasteiger partial charge in [-0.15, -0.1) is 0 Å². The number of hydrogen-bond donors (Lipinski definition) is 1. The second kappa shape index (κ2) is 10.8. The standard InChI is InChI=1S/C25H34N2O2/c1-6-20(4)26-25(29)21(5)27(17-23-10-8-7-9-19(23)3)24(28)16-15-22-13-11-18(2)12-14-22/h7-14,20-21H,6,15-17H2,1-5H3,(H,26,29). The van der Waals surface area contributed by atoms with Gasteiger partial charge in [0.2, 0.25) is 11.8 Å². The average molecular weight is 395 g/mol. The summed E-state index contributed by atoms with van der Waals surface area (Å²) in [5.41, 5.74) is 4.53. The second-order valence-electron chi connectivity index (χ2n) is 7.93. The van der Waals surface area contributed by atoms with Gasteiger partial charge in [0.1, 0.15) is 6.04 Å². The maximum Gasteiger partial charge on any atom is 0.242 e. The van der Waals surface area contributed by atoms with Crippen LogP contribution in [-0.4, -0.2) is 28.8 Å². The van der Waals surface area contributed by atoms with Crippen LogP contribution in [0.1, 0.15) is 55.9 Å². The highest BCUT2D eigenvalue weighted by atomic mass is 16.2. The van der Waals surface area contributed by atoms with Crippen LogP contribution in [0.5, 0.6) is 0 Å². The SMILES string of the molecule is CCC(C)NC(=O)C(C)N(Cc1ccccc1C)C(=O)CCc1ccc(C)cc1. The lowest BCUT2D eigenvalue weighted by molar-refractivity contribution is -0.140. The van der Waals surface area contributed by atoms with E-state index < -0.39 is 6.04 Å². The van der Waals surface area contributed by atoms with E-state index in [1.807, 2.05) is 52.0 Å². The van der Waals surface area contributed by atoms with Gasteiger partial charge >= 0.3 is 0 Å². The first kappa shape index (κ1) is 22.7. The van der Waals surface area contributed by atoms with E-state index in [4.69, 9.17) is 0 Å². The molecule has 4 nitrogen and oxygen atoms in total. The van der Waals surface area contributed by atoms with Crippen molar-refractivity contribution in [2.45, 2.75) is 72.5 Å². The van der Waals surface area contributed by atoms with Gasteiger partial charge < -0.3 is 10.2 Å². The Balaban J connectivity index is 2.15. The van der Waals surface area contributed by atoms with Gasteiger partial charge in [-0.1, -0.05) is 61.0 Å². The summed E-state index contributed by atoms with van der Waals surface area (Å²) in [4.78, 5) is 27.6. The number of hydrogen-bond acceptors (Lipinski definition) is 2. The van der Waals surface area contributed by atoms with Crippen LogP contribution < -0.4 is 5.32 Å². The second-order valence-corrected chi connectivity index (χ2v) is 7.93. The Hall–Kier alpha value is -2.62. The van der Waals surface area contributed by atoms with Crippen molar-refractivity contribution in [2.75, 3.05) is 0 Å². The van der Waals surface area contributed by atoms with E-state index in [1.165, 1.54) is 5.56 Å². The van der Waals surface area contributed by atoms with E-state index in [-0.39, 0.29) is 17.9 Å². The lowest BCUT2D eigenvalue weighted by Crippen LogP contribution is -2.49. The molecule has 1 N–H and O–H groups in total. The number of benzene rings is 2. The number of nitrogens with one attached hydrogen (secondary N) is 1. The molecule has 29 heavy (non-hydrogen) atoms. The minimum Gasteiger partial charge on any atom is -0.352 e. The minimum atomic E-state index is -0.519. The van der Waals surface area contributed by atoms with Gasteiger partial charge in [-0.25, -0.2) is 0 Å². The first-order valence-electron chi connectivity index (χ1n) is 10.5. The molecule has 0 aliphatic heterocycles. The van der Waals surface area contributed by atoms with Gasteiger partial charge in [-0.2, -0.15) is 0 Å². The highest BCUT2D eigenvalue weighted by Gasteiger charge is 2.26. The van der Waals surface area contributed by atoms with E-state index in [0.717, 1.165) is 23.1 Å². The molecule has 0 aliphatic rings. The van der Waals surface area contributed by atoms with Crippen molar-refractivity contribution < 1.29 is 9.59 Å². The highest BCUT2D eigenvalue weighted by Crippen LogP contribution is 2.16. The molecule has 0 aliphatic carbocycles. The van der Waals surface area contributed by atoms with Crippen LogP contribution in [0.25, 0.3) is 0 Å². The lowest BCUT2D eigenvalue weighted by atomic mass is 10.0. The number of amides is 2. The maximum atomic E-state index is 13.1. The monoisotopic (exact) mass is 394 g/mol. The third kappa shape index (κ3) is 6.74. The molecule has 156 valence electrons. The van der Waals surface area contributed by atoms with Crippen molar-refractivity contribution in [3.8, 4) is 0 Å². The predicted octanol–water partition coefficient (Wildman–Crippen LogP) is 4.57. The summed E-state index contributed by atoms with van der Waals surface area (Å²) >= 11 is 0. The zero-order chi connectivity index (χ0) is 21.4. The fraction of sp³-hybridized carbons (Fsp3) is 0.440. The fourth-order valence-electron chi connectivity index (χ4n) is 3.17. The van der Waals surface area contributed by atoms with Crippen LogP contribution in [0.4, 0.5) is 0 Å². The quantitative estimate of drug-likeness (QED) is 0.677. The zero-order valence-corrected chi connectivity index (χ0v) is 18.4. The van der Waals surface area contributed by atoms with Gasteiger partial charge in [0, 0.05) is 19.0 Å². The summed E-state index contributed by atoms with van der Waals surface area (Å²) in [5, 5.41) is 3.01. The van der Waals surface area contributed by atoms with Gasteiger partial charge in [0.15, 0.2) is 0 Å². The largest absolute Gasteiger partial charge is 0.352 e. The summed E-state index contributed by atoms with van der Waals surface area (Å²) in [6, 6.07) is 15.8. The summed E-state index contributed by atoms with van der Waals surface area (Å²) in [6.45, 7) is 10.4. The summed E-state index contributed by atoms with van der Waals surface area (Å²) in [5.74, 6) is -0.0998. The topological polar surface area (TPSA) is 49.4 Å². The van der Waals surface area contributed by atoms with Crippen molar-refractivity contribution in [3.05, 3.63) is 70.8 Å². The minimum absolute atomic E-state index is 0.000583. The molecule has 0 saturated carbocycles. The summed E-state index contributed by atoms with van der Waals surface area (Å²) in [6.07, 6.45) is 1.91.